The van der Waals surface area contributed by atoms with E-state index in [4.69, 9.17) is 0 Å². The summed E-state index contributed by atoms with van der Waals surface area (Å²) < 4.78 is 0. The van der Waals surface area contributed by atoms with Gasteiger partial charge in [-0.15, -0.1) is 0 Å². The molecule has 2 nitrogen and oxygen atoms in total. The number of fused-ring (bicyclic) bond motifs is 1. The third-order valence-electron chi connectivity index (χ3n) is 2.23. The maximum absolute atomic E-state index is 4.26. The lowest BCUT2D eigenvalue weighted by atomic mass is 10.1. The minimum Gasteiger partial charge on any atom is -0.360 e. The number of unbranched alkanes of at least 4 members (excludes halogenated alkanes) is 1. The first-order valence-electron chi connectivity index (χ1n) is 4.62. The molecule has 1 radical (unpaired) electrons. The number of aryl methyl sites for hydroxylation is 1. The van der Waals surface area contributed by atoms with Crippen LogP contribution in [-0.4, -0.2) is 9.97 Å². The largest absolute Gasteiger partial charge is 0.360 e. The van der Waals surface area contributed by atoms with Crippen molar-refractivity contribution in [3.05, 3.63) is 37.0 Å². The Morgan fingerprint density at radius 2 is 2.31 bits per heavy atom. The monoisotopic (exact) mass is 173 g/mol. The minimum absolute atomic E-state index is 0.991. The SMILES string of the molecule is [CH2]CCCc1ccnc2cc[nH]c12. The van der Waals surface area contributed by atoms with Gasteiger partial charge in [-0.25, -0.2) is 0 Å². The van der Waals surface area contributed by atoms with Gasteiger partial charge in [0.05, 0.1) is 11.0 Å². The summed E-state index contributed by atoms with van der Waals surface area (Å²) >= 11 is 0. The molecule has 0 saturated carbocycles. The zero-order valence-electron chi connectivity index (χ0n) is 7.59. The molecule has 67 valence electrons. The second kappa shape index (κ2) is 3.60. The summed E-state index contributed by atoms with van der Waals surface area (Å²) in [6.07, 6.45) is 7.02. The van der Waals surface area contributed by atoms with Crippen molar-refractivity contribution in [3.8, 4) is 0 Å². The van der Waals surface area contributed by atoms with Gasteiger partial charge in [-0.2, -0.15) is 0 Å². The number of aromatic amines is 1. The molecule has 0 aliphatic carbocycles. The number of nitrogens with zero attached hydrogens (tertiary/aromatic N) is 1. The van der Waals surface area contributed by atoms with Crippen molar-refractivity contribution in [1.29, 1.82) is 0 Å². The fraction of sp³-hybridized carbons (Fsp3) is 0.273. The standard InChI is InChI=1S/C11H13N2/c1-2-3-4-9-5-7-12-10-6-8-13-11(9)10/h5-8,13H,1-4H2. The summed E-state index contributed by atoms with van der Waals surface area (Å²) in [6.45, 7) is 3.84. The number of nitrogens with one attached hydrogen (secondary N) is 1. The van der Waals surface area contributed by atoms with Crippen LogP contribution in [0.25, 0.3) is 11.0 Å². The molecule has 0 saturated heterocycles. The van der Waals surface area contributed by atoms with Crippen LogP contribution in [0, 0.1) is 6.92 Å². The highest BCUT2D eigenvalue weighted by atomic mass is 14.8. The second-order valence-corrected chi connectivity index (χ2v) is 3.17. The summed E-state index contributed by atoms with van der Waals surface area (Å²) in [5.41, 5.74) is 3.58. The van der Waals surface area contributed by atoms with Gasteiger partial charge in [-0.3, -0.25) is 4.98 Å². The summed E-state index contributed by atoms with van der Waals surface area (Å²) in [4.78, 5) is 7.48. The number of H-pyrrole nitrogens is 1. The second-order valence-electron chi connectivity index (χ2n) is 3.17. The zero-order valence-corrected chi connectivity index (χ0v) is 7.59. The smallest absolute Gasteiger partial charge is 0.0881 e. The van der Waals surface area contributed by atoms with Gasteiger partial charge in [0.15, 0.2) is 0 Å². The molecule has 13 heavy (non-hydrogen) atoms. The summed E-state index contributed by atoms with van der Waals surface area (Å²) in [7, 11) is 0. The Balaban J connectivity index is 2.37. The van der Waals surface area contributed by atoms with Gasteiger partial charge in [0, 0.05) is 12.4 Å². The molecule has 0 bridgehead atoms. The number of rotatable bonds is 3. The van der Waals surface area contributed by atoms with Gasteiger partial charge >= 0.3 is 0 Å². The predicted molar refractivity (Wildman–Crippen MR) is 54.4 cm³/mol. The summed E-state index contributed by atoms with van der Waals surface area (Å²) in [5.74, 6) is 0. The fourth-order valence-corrected chi connectivity index (χ4v) is 1.54. The Bertz CT molecular complexity index is 390. The number of pyridine rings is 1. The lowest BCUT2D eigenvalue weighted by Gasteiger charge is -2.00. The molecule has 2 rings (SSSR count). The molecule has 2 aromatic rings. The van der Waals surface area contributed by atoms with Crippen LogP contribution >= 0.6 is 0 Å². The van der Waals surface area contributed by atoms with E-state index in [1.54, 1.807) is 0 Å². The average Bonchev–Trinajstić information content (AvgIpc) is 2.62. The normalized spacial score (nSPS) is 10.8. The third kappa shape index (κ3) is 1.57. The van der Waals surface area contributed by atoms with Crippen LogP contribution in [0.4, 0.5) is 0 Å². The zero-order chi connectivity index (χ0) is 9.10. The molecular formula is C11H13N2. The van der Waals surface area contributed by atoms with Crippen molar-refractivity contribution >= 4 is 11.0 Å². The molecular weight excluding hydrogens is 160 g/mol. The van der Waals surface area contributed by atoms with E-state index in [0.29, 0.717) is 0 Å². The maximum Gasteiger partial charge on any atom is 0.0881 e. The van der Waals surface area contributed by atoms with E-state index in [-0.39, 0.29) is 0 Å². The van der Waals surface area contributed by atoms with Crippen LogP contribution in [0.5, 0.6) is 0 Å². The van der Waals surface area contributed by atoms with Crippen LogP contribution in [-0.2, 0) is 6.42 Å². The van der Waals surface area contributed by atoms with Gasteiger partial charge in [-0.05, 0) is 30.5 Å². The third-order valence-corrected chi connectivity index (χ3v) is 2.23. The number of aromatic nitrogens is 2. The molecule has 2 heterocycles. The van der Waals surface area contributed by atoms with E-state index in [2.05, 4.69) is 23.0 Å². The van der Waals surface area contributed by atoms with E-state index in [1.165, 1.54) is 11.1 Å². The lowest BCUT2D eigenvalue weighted by Crippen LogP contribution is -1.87. The van der Waals surface area contributed by atoms with E-state index >= 15 is 0 Å². The lowest BCUT2D eigenvalue weighted by molar-refractivity contribution is 0.843. The van der Waals surface area contributed by atoms with Crippen LogP contribution in [0.3, 0.4) is 0 Å². The number of hydrogen-bond donors (Lipinski definition) is 1. The van der Waals surface area contributed by atoms with E-state index in [1.807, 2.05) is 18.5 Å². The molecule has 0 fully saturated rings. The summed E-state index contributed by atoms with van der Waals surface area (Å²) in [5, 5.41) is 0. The van der Waals surface area contributed by atoms with Crippen LogP contribution in [0.15, 0.2) is 24.5 Å². The van der Waals surface area contributed by atoms with Crippen molar-refractivity contribution in [1.82, 2.24) is 9.97 Å². The molecule has 1 N–H and O–H groups in total. The van der Waals surface area contributed by atoms with Crippen molar-refractivity contribution < 1.29 is 0 Å². The molecule has 0 unspecified atom stereocenters. The molecule has 2 heteroatoms. The van der Waals surface area contributed by atoms with Crippen molar-refractivity contribution in [2.24, 2.45) is 0 Å². The Labute approximate surface area is 78.0 Å². The molecule has 0 aliphatic heterocycles. The first kappa shape index (κ1) is 8.30. The molecule has 0 spiro atoms. The number of hydrogen-bond acceptors (Lipinski definition) is 1. The van der Waals surface area contributed by atoms with Gasteiger partial charge in [-0.1, -0.05) is 13.3 Å². The first-order valence-corrected chi connectivity index (χ1v) is 4.62. The molecule has 0 atom stereocenters. The highest BCUT2D eigenvalue weighted by Crippen LogP contribution is 2.16. The maximum atomic E-state index is 4.26. The van der Waals surface area contributed by atoms with Crippen molar-refractivity contribution in [2.75, 3.05) is 0 Å². The average molecular weight is 173 g/mol. The van der Waals surface area contributed by atoms with Gasteiger partial charge in [0.2, 0.25) is 0 Å². The van der Waals surface area contributed by atoms with Crippen LogP contribution < -0.4 is 0 Å². The summed E-state index contributed by atoms with van der Waals surface area (Å²) in [6, 6.07) is 4.08. The van der Waals surface area contributed by atoms with Gasteiger partial charge in [0.1, 0.15) is 0 Å². The Kier molecular flexibility index (Phi) is 2.30. The molecule has 0 aromatic carbocycles. The quantitative estimate of drug-likeness (QED) is 0.759. The highest BCUT2D eigenvalue weighted by Gasteiger charge is 2.01. The topological polar surface area (TPSA) is 28.7 Å². The molecule has 0 aliphatic rings. The van der Waals surface area contributed by atoms with Crippen LogP contribution in [0.1, 0.15) is 18.4 Å². The Hall–Kier alpha value is -1.31. The van der Waals surface area contributed by atoms with E-state index < -0.39 is 0 Å². The van der Waals surface area contributed by atoms with E-state index in [9.17, 15) is 0 Å². The van der Waals surface area contributed by atoms with Crippen molar-refractivity contribution in [3.63, 3.8) is 0 Å². The predicted octanol–water partition coefficient (Wildman–Crippen LogP) is 2.72. The molecule has 2 aromatic heterocycles. The van der Waals surface area contributed by atoms with Gasteiger partial charge < -0.3 is 4.98 Å². The Morgan fingerprint density at radius 1 is 1.38 bits per heavy atom. The minimum atomic E-state index is 0.991. The van der Waals surface area contributed by atoms with Crippen molar-refractivity contribution in [2.45, 2.75) is 19.3 Å². The van der Waals surface area contributed by atoms with Gasteiger partial charge in [0.25, 0.3) is 0 Å². The first-order chi connectivity index (χ1) is 6.42. The Morgan fingerprint density at radius 3 is 3.15 bits per heavy atom. The molecule has 0 amide bonds. The highest BCUT2D eigenvalue weighted by molar-refractivity contribution is 5.78. The fourth-order valence-electron chi connectivity index (χ4n) is 1.54. The van der Waals surface area contributed by atoms with E-state index in [0.717, 1.165) is 24.8 Å². The van der Waals surface area contributed by atoms with Crippen LogP contribution in [0.2, 0.25) is 0 Å².